The third kappa shape index (κ3) is 4.71. The van der Waals surface area contributed by atoms with Crippen LogP contribution in [0.4, 0.5) is 5.69 Å². The summed E-state index contributed by atoms with van der Waals surface area (Å²) in [5.74, 6) is -0.329. The lowest BCUT2D eigenvalue weighted by Crippen LogP contribution is -2.50. The number of carbonyl (C=O) groups is 2. The maximum Gasteiger partial charge on any atom is 0.243 e. The Balaban J connectivity index is 1.34. The van der Waals surface area contributed by atoms with E-state index in [2.05, 4.69) is 5.32 Å². The smallest absolute Gasteiger partial charge is 0.243 e. The van der Waals surface area contributed by atoms with Crippen molar-refractivity contribution in [2.24, 2.45) is 0 Å². The van der Waals surface area contributed by atoms with Crippen LogP contribution in [0.3, 0.4) is 0 Å². The van der Waals surface area contributed by atoms with Crippen LogP contribution >= 0.6 is 0 Å². The minimum Gasteiger partial charge on any atom is -0.324 e. The maximum atomic E-state index is 13.1. The highest BCUT2D eigenvalue weighted by molar-refractivity contribution is 7.89. The van der Waals surface area contributed by atoms with E-state index in [1.807, 2.05) is 17.0 Å². The highest BCUT2D eigenvalue weighted by Gasteiger charge is 2.30. The lowest BCUT2D eigenvalue weighted by Gasteiger charge is -2.33. The van der Waals surface area contributed by atoms with Crippen molar-refractivity contribution in [2.75, 3.05) is 38.0 Å². The van der Waals surface area contributed by atoms with Crippen molar-refractivity contribution in [3.8, 4) is 0 Å². The van der Waals surface area contributed by atoms with Crippen molar-refractivity contribution in [3.05, 3.63) is 59.2 Å². The quantitative estimate of drug-likeness (QED) is 0.696. The number of piperazine rings is 1. The number of rotatable bonds is 6. The average Bonchev–Trinajstić information content (AvgIpc) is 3.22. The first-order chi connectivity index (χ1) is 14.8. The lowest BCUT2D eigenvalue weighted by atomic mass is 10.1. The third-order valence-corrected chi connectivity index (χ3v) is 7.88. The van der Waals surface area contributed by atoms with Crippen molar-refractivity contribution >= 4 is 27.4 Å². The summed E-state index contributed by atoms with van der Waals surface area (Å²) >= 11 is 0. The van der Waals surface area contributed by atoms with E-state index < -0.39 is 10.0 Å². The molecule has 7 nitrogen and oxygen atoms in total. The van der Waals surface area contributed by atoms with Crippen LogP contribution in [-0.4, -0.2) is 62.0 Å². The fraction of sp³-hybridized carbons (Fsp3) is 0.391. The Morgan fingerprint density at radius 3 is 2.42 bits per heavy atom. The van der Waals surface area contributed by atoms with Crippen LogP contribution in [0.5, 0.6) is 0 Å². The molecular formula is C23H27N3O4S. The van der Waals surface area contributed by atoms with Crippen molar-refractivity contribution in [1.29, 1.82) is 0 Å². The summed E-state index contributed by atoms with van der Waals surface area (Å²) in [5.41, 5.74) is 3.36. The van der Waals surface area contributed by atoms with Crippen LogP contribution in [0.25, 0.3) is 0 Å². The molecule has 0 unspecified atom stereocenters. The number of nitrogens with one attached hydrogen (secondary N) is 1. The molecule has 0 spiro atoms. The first kappa shape index (κ1) is 21.7. The molecule has 0 radical (unpaired) electrons. The summed E-state index contributed by atoms with van der Waals surface area (Å²) < 4.78 is 27.6. The molecule has 1 aliphatic heterocycles. The second kappa shape index (κ2) is 8.90. The number of hydrogen-bond donors (Lipinski definition) is 1. The van der Waals surface area contributed by atoms with Gasteiger partial charge in [-0.15, -0.1) is 0 Å². The Bertz CT molecular complexity index is 1110. The molecule has 0 bridgehead atoms. The first-order valence-electron chi connectivity index (χ1n) is 10.6. The van der Waals surface area contributed by atoms with Crippen molar-refractivity contribution in [2.45, 2.75) is 31.1 Å². The molecule has 1 amide bonds. The molecular weight excluding hydrogens is 414 g/mol. The maximum absolute atomic E-state index is 13.1. The number of benzene rings is 2. The Morgan fingerprint density at radius 2 is 1.68 bits per heavy atom. The van der Waals surface area contributed by atoms with Crippen LogP contribution in [0.2, 0.25) is 0 Å². The molecule has 164 valence electrons. The lowest BCUT2D eigenvalue weighted by molar-refractivity contribution is -0.117. The topological polar surface area (TPSA) is 86.8 Å². The number of aryl methyl sites for hydroxylation is 2. The summed E-state index contributed by atoms with van der Waals surface area (Å²) in [5, 5.41) is 2.80. The monoisotopic (exact) mass is 441 g/mol. The number of nitrogens with zero attached hydrogens (tertiary/aromatic N) is 2. The minimum absolute atomic E-state index is 0.110. The predicted molar refractivity (Wildman–Crippen MR) is 119 cm³/mol. The largest absolute Gasteiger partial charge is 0.324 e. The number of carbonyl (C=O) groups excluding carboxylic acids is 2. The Hall–Kier alpha value is -2.55. The van der Waals surface area contributed by atoms with Gasteiger partial charge in [0.15, 0.2) is 5.78 Å². The SMILES string of the molecule is CC(=O)c1ccccc1NC(=O)CN1CCN(S(=O)(=O)c2ccc3c(c2)CCC3)CC1. The van der Waals surface area contributed by atoms with Gasteiger partial charge < -0.3 is 5.32 Å². The normalized spacial score (nSPS) is 17.3. The van der Waals surface area contributed by atoms with E-state index in [4.69, 9.17) is 0 Å². The van der Waals surface area contributed by atoms with E-state index in [1.54, 1.807) is 30.3 Å². The highest BCUT2D eigenvalue weighted by Crippen LogP contribution is 2.26. The summed E-state index contributed by atoms with van der Waals surface area (Å²) in [6.45, 7) is 3.26. The molecule has 1 aliphatic carbocycles. The van der Waals surface area contributed by atoms with Gasteiger partial charge in [0.1, 0.15) is 0 Å². The molecule has 8 heteroatoms. The molecule has 0 atom stereocenters. The Kier molecular flexibility index (Phi) is 6.22. The number of amides is 1. The minimum atomic E-state index is -3.53. The second-order valence-corrected chi connectivity index (χ2v) is 10.1. The molecule has 0 aromatic heterocycles. The molecule has 2 aromatic carbocycles. The van der Waals surface area contributed by atoms with Gasteiger partial charge in [-0.2, -0.15) is 4.31 Å². The Labute approximate surface area is 183 Å². The van der Waals surface area contributed by atoms with Crippen LogP contribution < -0.4 is 5.32 Å². The molecule has 1 fully saturated rings. The van der Waals surface area contributed by atoms with E-state index in [-0.39, 0.29) is 18.2 Å². The van der Waals surface area contributed by atoms with Crippen LogP contribution in [0.1, 0.15) is 34.8 Å². The third-order valence-electron chi connectivity index (χ3n) is 5.99. The first-order valence-corrected chi connectivity index (χ1v) is 12.0. The van der Waals surface area contributed by atoms with E-state index in [1.165, 1.54) is 16.8 Å². The number of Topliss-reactive ketones (excluding diaryl/α,β-unsaturated/α-hetero) is 1. The number of fused-ring (bicyclic) bond motifs is 1. The van der Waals surface area contributed by atoms with E-state index in [9.17, 15) is 18.0 Å². The number of para-hydroxylation sites is 1. The summed E-state index contributed by atoms with van der Waals surface area (Å²) in [6.07, 6.45) is 3.04. The summed E-state index contributed by atoms with van der Waals surface area (Å²) in [7, 11) is -3.53. The average molecular weight is 442 g/mol. The molecule has 31 heavy (non-hydrogen) atoms. The molecule has 1 heterocycles. The van der Waals surface area contributed by atoms with Gasteiger partial charge in [-0.1, -0.05) is 18.2 Å². The number of sulfonamides is 1. The van der Waals surface area contributed by atoms with Gasteiger partial charge in [0.05, 0.1) is 17.1 Å². The van der Waals surface area contributed by atoms with Gasteiger partial charge in [0, 0.05) is 31.7 Å². The number of anilines is 1. The van der Waals surface area contributed by atoms with Gasteiger partial charge in [-0.3, -0.25) is 14.5 Å². The van der Waals surface area contributed by atoms with E-state index in [0.717, 1.165) is 24.8 Å². The van der Waals surface area contributed by atoms with E-state index in [0.29, 0.717) is 42.3 Å². The zero-order valence-corrected chi connectivity index (χ0v) is 18.5. The zero-order chi connectivity index (χ0) is 22.0. The number of ketones is 1. The summed E-state index contributed by atoms with van der Waals surface area (Å²) in [4.78, 5) is 26.5. The molecule has 1 saturated heterocycles. The molecule has 4 rings (SSSR count). The van der Waals surface area contributed by atoms with Crippen LogP contribution in [0.15, 0.2) is 47.4 Å². The fourth-order valence-electron chi connectivity index (χ4n) is 4.28. The van der Waals surface area contributed by atoms with Crippen LogP contribution in [0, 0.1) is 0 Å². The van der Waals surface area contributed by atoms with Gasteiger partial charge in [-0.25, -0.2) is 8.42 Å². The van der Waals surface area contributed by atoms with Gasteiger partial charge >= 0.3 is 0 Å². The summed E-state index contributed by atoms with van der Waals surface area (Å²) in [6, 6.07) is 12.4. The van der Waals surface area contributed by atoms with Gasteiger partial charge in [0.2, 0.25) is 15.9 Å². The predicted octanol–water partition coefficient (Wildman–Crippen LogP) is 2.32. The molecule has 0 saturated carbocycles. The molecule has 2 aliphatic rings. The number of hydrogen-bond acceptors (Lipinski definition) is 5. The molecule has 1 N–H and O–H groups in total. The van der Waals surface area contributed by atoms with Gasteiger partial charge in [0.25, 0.3) is 0 Å². The fourth-order valence-corrected chi connectivity index (χ4v) is 5.75. The molecule has 2 aromatic rings. The van der Waals surface area contributed by atoms with Gasteiger partial charge in [-0.05, 0) is 61.6 Å². The van der Waals surface area contributed by atoms with Crippen molar-refractivity contribution in [3.63, 3.8) is 0 Å². The van der Waals surface area contributed by atoms with Crippen LogP contribution in [-0.2, 0) is 27.7 Å². The van der Waals surface area contributed by atoms with E-state index >= 15 is 0 Å². The Morgan fingerprint density at radius 1 is 0.968 bits per heavy atom. The van der Waals surface area contributed by atoms with Crippen molar-refractivity contribution < 1.29 is 18.0 Å². The zero-order valence-electron chi connectivity index (χ0n) is 17.6. The highest BCUT2D eigenvalue weighted by atomic mass is 32.2. The standard InChI is InChI=1S/C23H27N3O4S/c1-17(27)21-7-2-3-8-22(21)24-23(28)16-25-11-13-26(14-12-25)31(29,30)20-10-9-18-5-4-6-19(18)15-20/h2-3,7-10,15H,4-6,11-14,16H2,1H3,(H,24,28). The second-order valence-electron chi connectivity index (χ2n) is 8.11. The van der Waals surface area contributed by atoms with Crippen molar-refractivity contribution in [1.82, 2.24) is 9.21 Å².